The van der Waals surface area contributed by atoms with E-state index in [-0.39, 0.29) is 18.9 Å². The molecular weight excluding hydrogens is 386 g/mol. The molecule has 0 atom stereocenters. The van der Waals surface area contributed by atoms with Crippen molar-refractivity contribution in [3.8, 4) is 0 Å². The zero-order chi connectivity index (χ0) is 18.4. The second-order valence-electron chi connectivity index (χ2n) is 5.19. The van der Waals surface area contributed by atoms with E-state index in [1.165, 1.54) is 11.3 Å². The Hall–Kier alpha value is -1.74. The second-order valence-corrected chi connectivity index (χ2v) is 8.63. The van der Waals surface area contributed by atoms with Gasteiger partial charge in [-0.15, -0.1) is 11.3 Å². The van der Waals surface area contributed by atoms with E-state index < -0.39 is 16.0 Å². The Balaban J connectivity index is 1.84. The molecule has 0 spiro atoms. The molecule has 6 nitrogen and oxygen atoms in total. The van der Waals surface area contributed by atoms with Crippen LogP contribution in [0.25, 0.3) is 0 Å². The summed E-state index contributed by atoms with van der Waals surface area (Å²) in [6.07, 6.45) is 1.55. The number of sulfonamides is 1. The molecule has 25 heavy (non-hydrogen) atoms. The first-order valence-electron chi connectivity index (χ1n) is 7.24. The highest BCUT2D eigenvalue weighted by Gasteiger charge is 2.14. The zero-order valence-corrected chi connectivity index (χ0v) is 15.7. The molecule has 0 aliphatic carbocycles. The van der Waals surface area contributed by atoms with Crippen LogP contribution in [0.5, 0.6) is 0 Å². The number of thiophene rings is 1. The Bertz CT molecular complexity index is 859. The quantitative estimate of drug-likeness (QED) is 0.542. The van der Waals surface area contributed by atoms with Crippen molar-refractivity contribution in [3.05, 3.63) is 56.7 Å². The Morgan fingerprint density at radius 1 is 1.16 bits per heavy atom. The SMILES string of the molecule is CS(=O)(=O)NCCc1ccc(C(=O)OCC(=O)c2ccc(Cl)cc2)s1. The Kier molecular flexibility index (Phi) is 6.71. The Morgan fingerprint density at radius 2 is 1.84 bits per heavy atom. The fourth-order valence-corrected chi connectivity index (χ4v) is 3.40. The van der Waals surface area contributed by atoms with E-state index in [2.05, 4.69) is 4.72 Å². The number of nitrogens with one attached hydrogen (secondary N) is 1. The average molecular weight is 402 g/mol. The molecule has 0 fully saturated rings. The van der Waals surface area contributed by atoms with Crippen molar-refractivity contribution >= 4 is 44.7 Å². The summed E-state index contributed by atoms with van der Waals surface area (Å²) in [4.78, 5) is 25.1. The second kappa shape index (κ2) is 8.57. The van der Waals surface area contributed by atoms with Gasteiger partial charge in [0.25, 0.3) is 0 Å². The van der Waals surface area contributed by atoms with Crippen LogP contribution in [-0.2, 0) is 21.2 Å². The lowest BCUT2D eigenvalue weighted by molar-refractivity contribution is 0.0479. The number of hydrogen-bond donors (Lipinski definition) is 1. The summed E-state index contributed by atoms with van der Waals surface area (Å²) in [6.45, 7) is -0.105. The molecule has 1 heterocycles. The first kappa shape index (κ1) is 19.6. The van der Waals surface area contributed by atoms with Gasteiger partial charge in [-0.3, -0.25) is 4.79 Å². The largest absolute Gasteiger partial charge is 0.453 e. The van der Waals surface area contributed by atoms with E-state index in [1.807, 2.05) is 0 Å². The van der Waals surface area contributed by atoms with Gasteiger partial charge in [-0.1, -0.05) is 11.6 Å². The number of ketones is 1. The predicted molar refractivity (Wildman–Crippen MR) is 96.9 cm³/mol. The molecule has 0 bridgehead atoms. The lowest BCUT2D eigenvalue weighted by atomic mass is 10.1. The highest BCUT2D eigenvalue weighted by molar-refractivity contribution is 7.88. The van der Waals surface area contributed by atoms with Gasteiger partial charge in [-0.2, -0.15) is 0 Å². The standard InChI is InChI=1S/C16H16ClNO5S2/c1-25(21,22)18-9-8-13-6-7-15(24-13)16(20)23-10-14(19)11-2-4-12(17)5-3-11/h2-7,18H,8-10H2,1H3. The van der Waals surface area contributed by atoms with Gasteiger partial charge in [0.05, 0.1) is 6.26 Å². The van der Waals surface area contributed by atoms with E-state index >= 15 is 0 Å². The highest BCUT2D eigenvalue weighted by Crippen LogP contribution is 2.18. The number of halogens is 1. The predicted octanol–water partition coefficient (Wildman–Crippen LogP) is 2.53. The molecule has 2 aromatic rings. The molecule has 0 unspecified atom stereocenters. The highest BCUT2D eigenvalue weighted by atomic mass is 35.5. The molecule has 1 aromatic heterocycles. The van der Waals surface area contributed by atoms with E-state index in [4.69, 9.17) is 16.3 Å². The van der Waals surface area contributed by atoms with Crippen molar-refractivity contribution in [3.63, 3.8) is 0 Å². The van der Waals surface area contributed by atoms with Gasteiger partial charge < -0.3 is 4.74 Å². The molecule has 0 saturated heterocycles. The lowest BCUT2D eigenvalue weighted by Crippen LogP contribution is -2.24. The van der Waals surface area contributed by atoms with E-state index in [9.17, 15) is 18.0 Å². The van der Waals surface area contributed by atoms with Crippen LogP contribution in [0.15, 0.2) is 36.4 Å². The number of esters is 1. The van der Waals surface area contributed by atoms with Gasteiger partial charge in [0.15, 0.2) is 12.4 Å². The minimum Gasteiger partial charge on any atom is -0.453 e. The van der Waals surface area contributed by atoms with Crippen molar-refractivity contribution in [2.45, 2.75) is 6.42 Å². The number of ether oxygens (including phenoxy) is 1. The van der Waals surface area contributed by atoms with Crippen LogP contribution in [0.4, 0.5) is 0 Å². The molecule has 0 saturated carbocycles. The van der Waals surface area contributed by atoms with Gasteiger partial charge >= 0.3 is 5.97 Å². The van der Waals surface area contributed by atoms with Crippen molar-refractivity contribution in [1.29, 1.82) is 0 Å². The minimum absolute atomic E-state index is 0.253. The maximum absolute atomic E-state index is 12.0. The number of hydrogen-bond acceptors (Lipinski definition) is 6. The summed E-state index contributed by atoms with van der Waals surface area (Å²) >= 11 is 6.96. The maximum Gasteiger partial charge on any atom is 0.348 e. The average Bonchev–Trinajstić information content (AvgIpc) is 3.00. The number of Topliss-reactive ketones (excluding diaryl/α,β-unsaturated/α-hetero) is 1. The molecule has 0 aliphatic heterocycles. The van der Waals surface area contributed by atoms with Crippen LogP contribution in [0.3, 0.4) is 0 Å². The first-order valence-corrected chi connectivity index (χ1v) is 10.3. The Labute approximate surface area is 154 Å². The monoisotopic (exact) mass is 401 g/mol. The van der Waals surface area contributed by atoms with Gasteiger partial charge in [-0.25, -0.2) is 17.9 Å². The zero-order valence-electron chi connectivity index (χ0n) is 13.3. The normalized spacial score (nSPS) is 11.3. The molecule has 1 N–H and O–H groups in total. The van der Waals surface area contributed by atoms with E-state index in [1.54, 1.807) is 36.4 Å². The van der Waals surface area contributed by atoms with Gasteiger partial charge in [0, 0.05) is 22.0 Å². The minimum atomic E-state index is -3.23. The van der Waals surface area contributed by atoms with Crippen molar-refractivity contribution in [2.75, 3.05) is 19.4 Å². The fourth-order valence-electron chi connectivity index (χ4n) is 1.90. The molecule has 0 amide bonds. The van der Waals surface area contributed by atoms with Gasteiger partial charge in [0.1, 0.15) is 4.88 Å². The third-order valence-electron chi connectivity index (χ3n) is 3.10. The number of carbonyl (C=O) groups excluding carboxylic acids is 2. The van der Waals surface area contributed by atoms with Crippen LogP contribution in [0, 0.1) is 0 Å². The summed E-state index contributed by atoms with van der Waals surface area (Å²) in [5, 5.41) is 0.519. The van der Waals surface area contributed by atoms with Gasteiger partial charge in [-0.05, 0) is 42.8 Å². The number of carbonyl (C=O) groups is 2. The lowest BCUT2D eigenvalue weighted by Gasteiger charge is -2.03. The number of rotatable bonds is 8. The summed E-state index contributed by atoms with van der Waals surface area (Å²) in [5.41, 5.74) is 0.413. The fraction of sp³-hybridized carbons (Fsp3) is 0.250. The smallest absolute Gasteiger partial charge is 0.348 e. The topological polar surface area (TPSA) is 89.5 Å². The molecule has 1 aromatic carbocycles. The molecule has 0 radical (unpaired) electrons. The van der Waals surface area contributed by atoms with Crippen LogP contribution >= 0.6 is 22.9 Å². The summed E-state index contributed by atoms with van der Waals surface area (Å²) < 4.78 is 29.4. The van der Waals surface area contributed by atoms with Crippen molar-refractivity contribution in [1.82, 2.24) is 4.72 Å². The third-order valence-corrected chi connectivity index (χ3v) is 5.20. The molecule has 134 valence electrons. The van der Waals surface area contributed by atoms with E-state index in [0.29, 0.717) is 21.9 Å². The van der Waals surface area contributed by atoms with Crippen molar-refractivity contribution < 1.29 is 22.7 Å². The summed E-state index contributed by atoms with van der Waals surface area (Å²) in [5.74, 6) is -0.909. The molecule has 2 rings (SSSR count). The third kappa shape index (κ3) is 6.58. The van der Waals surface area contributed by atoms with Crippen LogP contribution in [0.2, 0.25) is 5.02 Å². The van der Waals surface area contributed by atoms with E-state index in [0.717, 1.165) is 11.1 Å². The van der Waals surface area contributed by atoms with Crippen LogP contribution < -0.4 is 4.72 Å². The first-order chi connectivity index (χ1) is 11.7. The summed E-state index contributed by atoms with van der Waals surface area (Å²) in [6, 6.07) is 9.63. The number of benzene rings is 1. The summed E-state index contributed by atoms with van der Waals surface area (Å²) in [7, 11) is -3.23. The van der Waals surface area contributed by atoms with Crippen molar-refractivity contribution in [2.24, 2.45) is 0 Å². The van der Waals surface area contributed by atoms with Gasteiger partial charge in [0.2, 0.25) is 10.0 Å². The Morgan fingerprint density at radius 3 is 2.48 bits per heavy atom. The molecule has 9 heteroatoms. The van der Waals surface area contributed by atoms with Crippen LogP contribution in [-0.4, -0.2) is 39.6 Å². The molecular formula is C16H16ClNO5S2. The van der Waals surface area contributed by atoms with Crippen LogP contribution in [0.1, 0.15) is 24.9 Å². The molecule has 0 aliphatic rings. The maximum atomic E-state index is 12.0.